The molecular formula is C49H88NO9P. The minimum absolute atomic E-state index is 0.000777. The average Bonchev–Trinajstić information content (AvgIpc) is 3.23. The summed E-state index contributed by atoms with van der Waals surface area (Å²) in [5, 5.41) is 10.3. The molecule has 0 aromatic rings. The zero-order valence-corrected chi connectivity index (χ0v) is 38.9. The number of rotatable bonds is 44. The number of carbonyl (C=O) groups excluding carboxylic acids is 2. The summed E-state index contributed by atoms with van der Waals surface area (Å²) in [6.07, 6.45) is 50.1. The van der Waals surface area contributed by atoms with Crippen molar-refractivity contribution in [2.45, 2.75) is 212 Å². The number of aliphatic hydroxyl groups excluding tert-OH is 1. The van der Waals surface area contributed by atoms with Gasteiger partial charge in [-0.2, -0.15) is 0 Å². The second-order valence-electron chi connectivity index (χ2n) is 15.8. The first-order chi connectivity index (χ1) is 29.2. The van der Waals surface area contributed by atoms with Crippen LogP contribution in [-0.4, -0.2) is 60.5 Å². The molecule has 0 aromatic carbocycles. The molecule has 4 N–H and O–H groups in total. The smallest absolute Gasteiger partial charge is 0.462 e. The molecule has 0 saturated heterocycles. The van der Waals surface area contributed by atoms with E-state index in [4.69, 9.17) is 24.3 Å². The lowest BCUT2D eigenvalue weighted by Crippen LogP contribution is -2.29. The van der Waals surface area contributed by atoms with Gasteiger partial charge in [0.2, 0.25) is 0 Å². The molecule has 0 aliphatic carbocycles. The highest BCUT2D eigenvalue weighted by Crippen LogP contribution is 2.43. The van der Waals surface area contributed by atoms with Crippen LogP contribution in [0.15, 0.2) is 60.8 Å². The van der Waals surface area contributed by atoms with Crippen molar-refractivity contribution in [1.82, 2.24) is 0 Å². The zero-order chi connectivity index (χ0) is 44.0. The molecule has 0 spiro atoms. The van der Waals surface area contributed by atoms with E-state index in [-0.39, 0.29) is 32.6 Å². The predicted octanol–water partition coefficient (Wildman–Crippen LogP) is 13.0. The van der Waals surface area contributed by atoms with Crippen LogP contribution >= 0.6 is 7.82 Å². The van der Waals surface area contributed by atoms with Gasteiger partial charge in [0.1, 0.15) is 6.61 Å². The van der Waals surface area contributed by atoms with Crippen LogP contribution < -0.4 is 5.73 Å². The number of carbonyl (C=O) groups is 2. The van der Waals surface area contributed by atoms with Crippen molar-refractivity contribution in [3.05, 3.63) is 60.8 Å². The quantitative estimate of drug-likeness (QED) is 0.0177. The molecule has 0 aliphatic heterocycles. The van der Waals surface area contributed by atoms with E-state index in [1.807, 2.05) is 12.2 Å². The standard InChI is InChI=1S/C49H88NO9P/c1-3-5-7-9-11-13-15-17-18-19-20-21-22-23-24-26-28-30-32-34-36-40-48(52)56-44-47(45-58-60(54,55)57-43-42-50)59-49(53)41-37-39-46(51)38-35-33-31-29-27-25-16-14-12-10-8-6-4-2/h6,8,12,14,25,27,31,33,35,38,46-47,51H,3-5,7,9-11,13,15-24,26,28-30,32,34,36-37,39-45,50H2,1-2H3,(H,54,55)/b8-6-,14-12-,27-25-,33-31-,38-35+/t46?,47-/m1/s1. The molecule has 0 heterocycles. The van der Waals surface area contributed by atoms with E-state index in [2.05, 4.69) is 50.3 Å². The van der Waals surface area contributed by atoms with Crippen LogP contribution in [0.5, 0.6) is 0 Å². The SMILES string of the molecule is CC/C=C\C/C=C\C/C=C\C/C=C\C=C\C(O)CCCC(=O)O[C@H](COC(=O)CCCCCCCCCCCCCCCCCCCCCCC)COP(=O)(O)OCCN. The molecule has 0 rings (SSSR count). The third kappa shape index (κ3) is 43.7. The first kappa shape index (κ1) is 57.7. The Morgan fingerprint density at radius 3 is 1.55 bits per heavy atom. The van der Waals surface area contributed by atoms with Crippen molar-refractivity contribution in [3.63, 3.8) is 0 Å². The number of phosphoric acid groups is 1. The lowest BCUT2D eigenvalue weighted by Gasteiger charge is -2.20. The molecule has 0 radical (unpaired) electrons. The second kappa shape index (κ2) is 44.7. The molecule has 11 heteroatoms. The van der Waals surface area contributed by atoms with Crippen LogP contribution in [0, 0.1) is 0 Å². The molecule has 0 fully saturated rings. The molecule has 0 amide bonds. The number of hydrogen-bond donors (Lipinski definition) is 3. The van der Waals surface area contributed by atoms with Crippen molar-refractivity contribution >= 4 is 19.8 Å². The number of allylic oxidation sites excluding steroid dienone is 9. The normalized spacial score (nSPS) is 14.3. The van der Waals surface area contributed by atoms with Gasteiger partial charge >= 0.3 is 19.8 Å². The third-order valence-corrected chi connectivity index (χ3v) is 11.0. The highest BCUT2D eigenvalue weighted by Gasteiger charge is 2.26. The topological polar surface area (TPSA) is 155 Å². The fourth-order valence-electron chi connectivity index (χ4n) is 6.49. The number of unbranched alkanes of at least 4 members (excludes halogenated alkanes) is 20. The van der Waals surface area contributed by atoms with Gasteiger partial charge in [-0.3, -0.25) is 18.6 Å². The number of aliphatic hydroxyl groups is 1. The minimum Gasteiger partial charge on any atom is -0.462 e. The van der Waals surface area contributed by atoms with E-state index in [1.165, 1.54) is 109 Å². The summed E-state index contributed by atoms with van der Waals surface area (Å²) >= 11 is 0. The minimum atomic E-state index is -4.44. The van der Waals surface area contributed by atoms with Crippen LogP contribution in [0.25, 0.3) is 0 Å². The monoisotopic (exact) mass is 866 g/mol. The summed E-state index contributed by atoms with van der Waals surface area (Å²) in [5.74, 6) is -1.03. The molecule has 10 nitrogen and oxygen atoms in total. The average molecular weight is 866 g/mol. The van der Waals surface area contributed by atoms with E-state index >= 15 is 0 Å². The van der Waals surface area contributed by atoms with Gasteiger partial charge in [-0.15, -0.1) is 0 Å². The van der Waals surface area contributed by atoms with E-state index in [0.29, 0.717) is 19.3 Å². The molecule has 3 atom stereocenters. The largest absolute Gasteiger partial charge is 0.472 e. The first-order valence-corrected chi connectivity index (χ1v) is 25.4. The van der Waals surface area contributed by atoms with Gasteiger partial charge in [0, 0.05) is 19.4 Å². The van der Waals surface area contributed by atoms with Gasteiger partial charge in [-0.05, 0) is 44.9 Å². The zero-order valence-electron chi connectivity index (χ0n) is 38.0. The van der Waals surface area contributed by atoms with Crippen molar-refractivity contribution in [3.8, 4) is 0 Å². The molecule has 348 valence electrons. The van der Waals surface area contributed by atoms with Gasteiger partial charge < -0.3 is 25.2 Å². The third-order valence-electron chi connectivity index (χ3n) is 10.0. The lowest BCUT2D eigenvalue weighted by atomic mass is 10.0. The molecule has 0 aromatic heterocycles. The summed E-state index contributed by atoms with van der Waals surface area (Å²) in [5.41, 5.74) is 5.34. The summed E-state index contributed by atoms with van der Waals surface area (Å²) in [7, 11) is -4.44. The first-order valence-electron chi connectivity index (χ1n) is 23.9. The highest BCUT2D eigenvalue weighted by atomic mass is 31.2. The van der Waals surface area contributed by atoms with E-state index in [9.17, 15) is 24.2 Å². The van der Waals surface area contributed by atoms with Crippen molar-refractivity contribution in [2.24, 2.45) is 5.73 Å². The maximum Gasteiger partial charge on any atom is 0.472 e. The Bertz CT molecular complexity index is 1190. The molecule has 60 heavy (non-hydrogen) atoms. The van der Waals surface area contributed by atoms with E-state index in [0.717, 1.165) is 44.9 Å². The van der Waals surface area contributed by atoms with Gasteiger partial charge in [0.25, 0.3) is 0 Å². The molecular weight excluding hydrogens is 778 g/mol. The van der Waals surface area contributed by atoms with Crippen molar-refractivity contribution in [1.29, 1.82) is 0 Å². The summed E-state index contributed by atoms with van der Waals surface area (Å²) < 4.78 is 32.7. The van der Waals surface area contributed by atoms with Crippen LogP contribution in [-0.2, 0) is 32.7 Å². The van der Waals surface area contributed by atoms with Crippen LogP contribution in [0.4, 0.5) is 0 Å². The van der Waals surface area contributed by atoms with Crippen LogP contribution in [0.2, 0.25) is 0 Å². The highest BCUT2D eigenvalue weighted by molar-refractivity contribution is 7.47. The summed E-state index contributed by atoms with van der Waals surface area (Å²) in [6, 6.07) is 0. The number of esters is 2. The van der Waals surface area contributed by atoms with Crippen molar-refractivity contribution in [2.75, 3.05) is 26.4 Å². The maximum atomic E-state index is 12.6. The van der Waals surface area contributed by atoms with E-state index in [1.54, 1.807) is 12.2 Å². The molecule has 0 saturated carbocycles. The Morgan fingerprint density at radius 1 is 0.583 bits per heavy atom. The van der Waals surface area contributed by atoms with Crippen LogP contribution in [0.3, 0.4) is 0 Å². The Morgan fingerprint density at radius 2 is 1.05 bits per heavy atom. The Hall–Kier alpha value is -2.33. The van der Waals surface area contributed by atoms with Gasteiger partial charge in [0.05, 0.1) is 19.3 Å². The summed E-state index contributed by atoms with van der Waals surface area (Å²) in [6.45, 7) is 3.41. The Kier molecular flexibility index (Phi) is 43.0. The fraction of sp³-hybridized carbons (Fsp3) is 0.755. The maximum absolute atomic E-state index is 12.6. The molecule has 0 aliphatic rings. The molecule has 2 unspecified atom stereocenters. The van der Waals surface area contributed by atoms with Gasteiger partial charge in [0.15, 0.2) is 6.10 Å². The number of phosphoric ester groups is 1. The lowest BCUT2D eigenvalue weighted by molar-refractivity contribution is -0.161. The Labute approximate surface area is 366 Å². The van der Waals surface area contributed by atoms with Crippen LogP contribution in [0.1, 0.15) is 200 Å². The Balaban J connectivity index is 4.22. The van der Waals surface area contributed by atoms with Gasteiger partial charge in [-0.25, -0.2) is 4.57 Å². The number of hydrogen-bond acceptors (Lipinski definition) is 9. The second-order valence-corrected chi connectivity index (χ2v) is 17.3. The fourth-order valence-corrected chi connectivity index (χ4v) is 7.25. The van der Waals surface area contributed by atoms with E-state index < -0.39 is 38.6 Å². The van der Waals surface area contributed by atoms with Gasteiger partial charge in [-0.1, -0.05) is 203 Å². The number of ether oxygens (including phenoxy) is 2. The van der Waals surface area contributed by atoms with Crippen molar-refractivity contribution < 1.29 is 42.7 Å². The predicted molar refractivity (Wildman–Crippen MR) is 249 cm³/mol. The number of nitrogens with two attached hydrogens (primary N) is 1. The summed E-state index contributed by atoms with van der Waals surface area (Å²) in [4.78, 5) is 35.0. The molecule has 0 bridgehead atoms.